The van der Waals surface area contributed by atoms with E-state index in [9.17, 15) is 5.11 Å². The van der Waals surface area contributed by atoms with Crippen LogP contribution in [0.25, 0.3) is 0 Å². The molecule has 0 heterocycles. The van der Waals surface area contributed by atoms with Crippen LogP contribution < -0.4 is 0 Å². The van der Waals surface area contributed by atoms with Crippen LogP contribution in [0.3, 0.4) is 0 Å². The molecule has 2 nitrogen and oxygen atoms in total. The number of nitriles is 1. The second kappa shape index (κ2) is 6.03. The van der Waals surface area contributed by atoms with Crippen molar-refractivity contribution >= 4 is 0 Å². The normalized spacial score (nSPS) is 32.0. The number of hydrogen-bond donors (Lipinski definition) is 1. The van der Waals surface area contributed by atoms with Crippen molar-refractivity contribution in [2.24, 2.45) is 5.92 Å². The van der Waals surface area contributed by atoms with Crippen molar-refractivity contribution in [2.45, 2.75) is 69.8 Å². The van der Waals surface area contributed by atoms with E-state index in [1.807, 2.05) is 13.0 Å². The molecule has 0 aliphatic heterocycles. The molecule has 0 radical (unpaired) electrons. The molecule has 1 aromatic carbocycles. The lowest BCUT2D eigenvalue weighted by atomic mass is 9.53. The lowest BCUT2D eigenvalue weighted by Crippen LogP contribution is -2.49. The topological polar surface area (TPSA) is 44.0 Å². The van der Waals surface area contributed by atoms with Crippen molar-refractivity contribution in [2.75, 3.05) is 0 Å². The lowest BCUT2D eigenvalue weighted by molar-refractivity contribution is -0.0109. The van der Waals surface area contributed by atoms with E-state index >= 15 is 0 Å². The molecule has 0 amide bonds. The Kier molecular flexibility index (Phi) is 4.22. The number of nitrogens with zero attached hydrogens (tertiary/aromatic N) is 1. The van der Waals surface area contributed by atoms with Gasteiger partial charge in [-0.25, -0.2) is 0 Å². The summed E-state index contributed by atoms with van der Waals surface area (Å²) in [6.45, 7) is 4.06. The predicted octanol–water partition coefficient (Wildman–Crippen LogP) is 4.10. The van der Waals surface area contributed by atoms with Gasteiger partial charge in [0.1, 0.15) is 5.60 Å². The van der Waals surface area contributed by atoms with Crippen LogP contribution in [0, 0.1) is 29.1 Å². The van der Waals surface area contributed by atoms with E-state index in [-0.39, 0.29) is 5.41 Å². The predicted molar refractivity (Wildman–Crippen MR) is 91.8 cm³/mol. The zero-order valence-corrected chi connectivity index (χ0v) is 14.2. The number of hydrogen-bond acceptors (Lipinski definition) is 2. The van der Waals surface area contributed by atoms with Gasteiger partial charge in [0, 0.05) is 0 Å². The average Bonchev–Trinajstić information content (AvgIpc) is 2.55. The number of benzene rings is 1. The summed E-state index contributed by atoms with van der Waals surface area (Å²) in [6.07, 6.45) is 6.94. The van der Waals surface area contributed by atoms with Crippen LogP contribution in [0.5, 0.6) is 0 Å². The van der Waals surface area contributed by atoms with Crippen molar-refractivity contribution < 1.29 is 5.11 Å². The Hall–Kier alpha value is -1.77. The Bertz CT molecular complexity index is 705. The van der Waals surface area contributed by atoms with Crippen molar-refractivity contribution in [3.63, 3.8) is 0 Å². The number of aryl methyl sites for hydroxylation is 1. The molecule has 2 aliphatic carbocycles. The smallest absolute Gasteiger partial charge is 0.125 e. The first-order valence-corrected chi connectivity index (χ1v) is 8.77. The first kappa shape index (κ1) is 16.1. The van der Waals surface area contributed by atoms with Crippen molar-refractivity contribution in [3.8, 4) is 17.9 Å². The Morgan fingerprint density at radius 2 is 2.17 bits per heavy atom. The fourth-order valence-electron chi connectivity index (χ4n) is 5.01. The minimum atomic E-state index is -0.805. The molecular formula is C21H25NO. The highest BCUT2D eigenvalue weighted by atomic mass is 16.3. The molecule has 23 heavy (non-hydrogen) atoms. The molecule has 3 atom stereocenters. The van der Waals surface area contributed by atoms with Gasteiger partial charge in [-0.3, -0.25) is 0 Å². The summed E-state index contributed by atoms with van der Waals surface area (Å²) in [5, 5.41) is 20.0. The molecule has 0 bridgehead atoms. The van der Waals surface area contributed by atoms with E-state index in [1.165, 1.54) is 11.1 Å². The third-order valence-electron chi connectivity index (χ3n) is 5.94. The Labute approximate surface area is 139 Å². The molecule has 0 saturated heterocycles. The molecule has 0 aromatic heterocycles. The molecular weight excluding hydrogens is 282 g/mol. The van der Waals surface area contributed by atoms with Gasteiger partial charge in [0.05, 0.1) is 11.6 Å². The highest BCUT2D eigenvalue weighted by Gasteiger charge is 2.50. The average molecular weight is 307 g/mol. The lowest BCUT2D eigenvalue weighted by Gasteiger charge is -2.52. The standard InChI is InChI=1S/C21H25NO/c1-3-9-20(23)11-12-21(10-4-2)18(14-20)7-6-17-13-16(15-22)5-8-19(17)21/h5,8,13,18,23H,4,6-7,10-12,14H2,1-2H3. The third-order valence-corrected chi connectivity index (χ3v) is 5.94. The van der Waals surface area contributed by atoms with E-state index in [1.54, 1.807) is 0 Å². The molecule has 2 aliphatic rings. The van der Waals surface area contributed by atoms with Crippen LogP contribution in [-0.2, 0) is 11.8 Å². The van der Waals surface area contributed by atoms with Gasteiger partial charge in [0.25, 0.3) is 0 Å². The van der Waals surface area contributed by atoms with Gasteiger partial charge in [0.15, 0.2) is 0 Å². The summed E-state index contributed by atoms with van der Waals surface area (Å²) >= 11 is 0. The van der Waals surface area contributed by atoms with E-state index < -0.39 is 5.60 Å². The first-order valence-electron chi connectivity index (χ1n) is 8.77. The fourth-order valence-corrected chi connectivity index (χ4v) is 5.01. The summed E-state index contributed by atoms with van der Waals surface area (Å²) in [4.78, 5) is 0. The van der Waals surface area contributed by atoms with Gasteiger partial charge in [-0.05, 0) is 80.0 Å². The second-order valence-electron chi connectivity index (χ2n) is 7.24. The van der Waals surface area contributed by atoms with Gasteiger partial charge in [-0.1, -0.05) is 25.3 Å². The van der Waals surface area contributed by atoms with E-state index in [2.05, 4.69) is 37.0 Å². The first-order chi connectivity index (χ1) is 11.1. The Morgan fingerprint density at radius 3 is 2.87 bits per heavy atom. The Morgan fingerprint density at radius 1 is 1.35 bits per heavy atom. The number of fused-ring (bicyclic) bond motifs is 3. The van der Waals surface area contributed by atoms with Gasteiger partial charge >= 0.3 is 0 Å². The maximum absolute atomic E-state index is 10.8. The summed E-state index contributed by atoms with van der Waals surface area (Å²) < 4.78 is 0. The maximum Gasteiger partial charge on any atom is 0.125 e. The second-order valence-corrected chi connectivity index (χ2v) is 7.24. The molecule has 3 unspecified atom stereocenters. The molecule has 1 fully saturated rings. The Balaban J connectivity index is 2.04. The minimum absolute atomic E-state index is 0.165. The third kappa shape index (κ3) is 2.66. The highest BCUT2D eigenvalue weighted by molar-refractivity contribution is 5.45. The number of rotatable bonds is 2. The van der Waals surface area contributed by atoms with Crippen LogP contribution in [0.4, 0.5) is 0 Å². The van der Waals surface area contributed by atoms with Crippen LogP contribution in [0.2, 0.25) is 0 Å². The molecule has 1 aromatic rings. The van der Waals surface area contributed by atoms with E-state index in [0.717, 1.165) is 50.5 Å². The van der Waals surface area contributed by atoms with Crippen molar-refractivity contribution in [1.82, 2.24) is 0 Å². The van der Waals surface area contributed by atoms with Gasteiger partial charge in [-0.2, -0.15) is 5.26 Å². The van der Waals surface area contributed by atoms with Crippen molar-refractivity contribution in [1.29, 1.82) is 5.26 Å². The van der Waals surface area contributed by atoms with Gasteiger partial charge in [-0.15, -0.1) is 5.92 Å². The monoisotopic (exact) mass is 307 g/mol. The molecule has 0 spiro atoms. The summed E-state index contributed by atoms with van der Waals surface area (Å²) in [6, 6.07) is 8.49. The maximum atomic E-state index is 10.8. The van der Waals surface area contributed by atoms with E-state index in [0.29, 0.717) is 5.92 Å². The molecule has 3 rings (SSSR count). The molecule has 1 saturated carbocycles. The van der Waals surface area contributed by atoms with Crippen LogP contribution in [0.1, 0.15) is 69.1 Å². The van der Waals surface area contributed by atoms with E-state index in [4.69, 9.17) is 5.26 Å². The van der Waals surface area contributed by atoms with Crippen LogP contribution in [0.15, 0.2) is 18.2 Å². The summed E-state index contributed by atoms with van der Waals surface area (Å²) in [7, 11) is 0. The van der Waals surface area contributed by atoms with Crippen LogP contribution in [-0.4, -0.2) is 10.7 Å². The summed E-state index contributed by atoms with van der Waals surface area (Å²) in [5.41, 5.74) is 2.90. The fraction of sp³-hybridized carbons (Fsp3) is 0.571. The number of aliphatic hydroxyl groups is 1. The van der Waals surface area contributed by atoms with Crippen LogP contribution >= 0.6 is 0 Å². The van der Waals surface area contributed by atoms with Gasteiger partial charge in [0.2, 0.25) is 0 Å². The summed E-state index contributed by atoms with van der Waals surface area (Å²) in [5.74, 6) is 6.46. The zero-order valence-electron chi connectivity index (χ0n) is 14.2. The highest BCUT2D eigenvalue weighted by Crippen LogP contribution is 2.54. The zero-order chi connectivity index (χ0) is 16.5. The minimum Gasteiger partial charge on any atom is -0.378 e. The van der Waals surface area contributed by atoms with Gasteiger partial charge < -0.3 is 5.11 Å². The largest absolute Gasteiger partial charge is 0.378 e. The molecule has 2 heteroatoms. The quantitative estimate of drug-likeness (QED) is 0.836. The van der Waals surface area contributed by atoms with Crippen molar-refractivity contribution in [3.05, 3.63) is 34.9 Å². The molecule has 1 N–H and O–H groups in total. The SMILES string of the molecule is CC#CC1(O)CCC2(CCC)c3ccc(C#N)cc3CCC2C1. The molecule has 120 valence electrons.